The highest BCUT2D eigenvalue weighted by Crippen LogP contribution is 2.22. The monoisotopic (exact) mass is 347 g/mol. The molecule has 4 N–H and O–H groups in total. The lowest BCUT2D eigenvalue weighted by Crippen LogP contribution is -2.11. The molecule has 0 saturated carbocycles. The zero-order valence-corrected chi connectivity index (χ0v) is 12.6. The summed E-state index contributed by atoms with van der Waals surface area (Å²) in [6.07, 6.45) is 4.96. The Morgan fingerprint density at radius 3 is 1.71 bits per heavy atom. The third-order valence-corrected chi connectivity index (χ3v) is 3.59. The molecule has 13 nitrogen and oxygen atoms in total. The van der Waals surface area contributed by atoms with Crippen molar-refractivity contribution in [2.75, 3.05) is 11.5 Å². The Labute approximate surface area is 133 Å². The van der Waals surface area contributed by atoms with Crippen molar-refractivity contribution >= 4 is 42.2 Å². The lowest BCUT2D eigenvalue weighted by atomic mass is 10.5. The number of anilines is 2. The number of fused-ring (bicyclic) bond motifs is 2. The van der Waals surface area contributed by atoms with Crippen LogP contribution < -0.4 is 20.7 Å². The molecule has 0 radical (unpaired) electrons. The number of hydrogen-bond acceptors (Lipinski definition) is 11. The molecule has 0 aliphatic heterocycles. The molecular formula is C10H8N10O3P+. The molecule has 0 fully saturated rings. The lowest BCUT2D eigenvalue weighted by molar-refractivity contribution is 0.201. The second kappa shape index (κ2) is 5.24. The van der Waals surface area contributed by atoms with Gasteiger partial charge in [-0.2, -0.15) is 0 Å². The maximum atomic E-state index is 12.1. The van der Waals surface area contributed by atoms with E-state index < -0.39 is 8.25 Å². The van der Waals surface area contributed by atoms with Crippen LogP contribution in [0.3, 0.4) is 0 Å². The Bertz CT molecular complexity index is 991. The molecule has 4 aromatic rings. The number of rotatable bonds is 4. The number of aromatic nitrogens is 8. The van der Waals surface area contributed by atoms with Gasteiger partial charge in [-0.05, 0) is 0 Å². The average molecular weight is 347 g/mol. The van der Waals surface area contributed by atoms with Gasteiger partial charge in [-0.3, -0.25) is 0 Å². The number of nitrogens with two attached hydrogens (primary N) is 2. The molecule has 0 bridgehead atoms. The van der Waals surface area contributed by atoms with Crippen molar-refractivity contribution in [3.8, 4) is 0 Å². The molecule has 4 aromatic heterocycles. The summed E-state index contributed by atoms with van der Waals surface area (Å²) in [5, 5.41) is 0. The molecule has 24 heavy (non-hydrogen) atoms. The molecule has 0 aliphatic carbocycles. The fourth-order valence-corrected chi connectivity index (χ4v) is 2.50. The Morgan fingerprint density at radius 1 is 0.792 bits per heavy atom. The predicted molar refractivity (Wildman–Crippen MR) is 80.2 cm³/mol. The van der Waals surface area contributed by atoms with Gasteiger partial charge in [0.15, 0.2) is 22.7 Å². The summed E-state index contributed by atoms with van der Waals surface area (Å²) in [6, 6.07) is 0. The summed E-state index contributed by atoms with van der Waals surface area (Å²) >= 11 is 0. The standard InChI is InChI=1S/C10H8N10O3P/c11-7-5-9(15-1-13-7)19(3-17-5)22-24(21)23-20-4-18-6-8(12)14-2-16-10(6)20/h1-4H,(H2,11,13,15)(H2,12,14,16)/q+1. The first-order valence-corrected chi connectivity index (χ1v) is 7.44. The van der Waals surface area contributed by atoms with E-state index in [1.165, 1.54) is 25.3 Å². The minimum absolute atomic E-state index is 0.172. The molecular weight excluding hydrogens is 339 g/mol. The zero-order chi connectivity index (χ0) is 16.7. The lowest BCUT2D eigenvalue weighted by Gasteiger charge is -1.96. The van der Waals surface area contributed by atoms with E-state index in [1.54, 1.807) is 0 Å². The van der Waals surface area contributed by atoms with Gasteiger partial charge in [0.05, 0.1) is 0 Å². The van der Waals surface area contributed by atoms with Crippen LogP contribution in [-0.4, -0.2) is 39.4 Å². The van der Waals surface area contributed by atoms with Gasteiger partial charge in [0.2, 0.25) is 11.3 Å². The molecule has 0 amide bonds. The predicted octanol–water partition coefficient (Wildman–Crippen LogP) is -0.655. The van der Waals surface area contributed by atoms with Crippen LogP contribution in [0.2, 0.25) is 0 Å². The van der Waals surface area contributed by atoms with Crippen molar-refractivity contribution in [1.82, 2.24) is 39.4 Å². The van der Waals surface area contributed by atoms with E-state index in [9.17, 15) is 4.57 Å². The second-order valence-corrected chi connectivity index (χ2v) is 5.16. The maximum Gasteiger partial charge on any atom is 0.848 e. The molecule has 4 heterocycles. The summed E-state index contributed by atoms with van der Waals surface area (Å²) in [5.74, 6) is 0.345. The molecule has 0 atom stereocenters. The Morgan fingerprint density at radius 2 is 1.25 bits per heavy atom. The van der Waals surface area contributed by atoms with Crippen molar-refractivity contribution in [2.24, 2.45) is 0 Å². The third-order valence-electron chi connectivity index (χ3n) is 2.97. The molecule has 0 aliphatic rings. The number of nitrogens with zero attached hydrogens (tertiary/aromatic N) is 8. The topological polar surface area (TPSA) is 175 Å². The van der Waals surface area contributed by atoms with Crippen LogP contribution in [0.5, 0.6) is 0 Å². The molecule has 0 spiro atoms. The highest BCUT2D eigenvalue weighted by atomic mass is 31.1. The molecule has 14 heteroatoms. The molecule has 120 valence electrons. The molecule has 4 rings (SSSR count). The van der Waals surface area contributed by atoms with Gasteiger partial charge in [0.1, 0.15) is 25.3 Å². The van der Waals surface area contributed by atoms with Crippen LogP contribution >= 0.6 is 8.25 Å². The maximum absolute atomic E-state index is 12.1. The van der Waals surface area contributed by atoms with Crippen LogP contribution in [0.1, 0.15) is 0 Å². The van der Waals surface area contributed by atoms with E-state index in [1.807, 2.05) is 0 Å². The van der Waals surface area contributed by atoms with E-state index in [0.29, 0.717) is 11.0 Å². The fraction of sp³-hybridized carbons (Fsp3) is 0. The Balaban J connectivity index is 1.60. The summed E-state index contributed by atoms with van der Waals surface area (Å²) in [6.45, 7) is 0. The van der Waals surface area contributed by atoms with Crippen LogP contribution in [0.25, 0.3) is 22.3 Å². The van der Waals surface area contributed by atoms with Crippen molar-refractivity contribution in [2.45, 2.75) is 0 Å². The summed E-state index contributed by atoms with van der Waals surface area (Å²) in [5.41, 5.74) is 12.4. The van der Waals surface area contributed by atoms with Crippen LogP contribution in [-0.2, 0) is 4.57 Å². The zero-order valence-electron chi connectivity index (χ0n) is 11.7. The second-order valence-electron chi connectivity index (χ2n) is 4.39. The van der Waals surface area contributed by atoms with Gasteiger partial charge in [0, 0.05) is 4.57 Å². The van der Waals surface area contributed by atoms with Gasteiger partial charge >= 0.3 is 8.25 Å². The van der Waals surface area contributed by atoms with Gasteiger partial charge in [-0.1, -0.05) is 9.46 Å². The molecule has 0 unspecified atom stereocenters. The minimum Gasteiger partial charge on any atom is -0.382 e. The highest BCUT2D eigenvalue weighted by molar-refractivity contribution is 7.33. The van der Waals surface area contributed by atoms with Gasteiger partial charge in [-0.15, -0.1) is 9.25 Å². The van der Waals surface area contributed by atoms with Gasteiger partial charge in [0.25, 0.3) is 0 Å². The van der Waals surface area contributed by atoms with E-state index in [-0.39, 0.29) is 22.9 Å². The number of imidazole rings is 2. The SMILES string of the molecule is Nc1ncnc2c1ncn2O[P+](=O)On1cnc2c(N)ncnc21. The van der Waals surface area contributed by atoms with Gasteiger partial charge < -0.3 is 11.5 Å². The summed E-state index contributed by atoms with van der Waals surface area (Å²) in [4.78, 5) is 23.5. The quantitative estimate of drug-likeness (QED) is 0.448. The molecule has 0 saturated heterocycles. The molecule has 0 aromatic carbocycles. The normalized spacial score (nSPS) is 11.0. The van der Waals surface area contributed by atoms with E-state index in [2.05, 4.69) is 29.9 Å². The van der Waals surface area contributed by atoms with Crippen molar-refractivity contribution < 1.29 is 13.8 Å². The van der Waals surface area contributed by atoms with Crippen molar-refractivity contribution in [3.63, 3.8) is 0 Å². The van der Waals surface area contributed by atoms with E-state index >= 15 is 0 Å². The van der Waals surface area contributed by atoms with Crippen molar-refractivity contribution in [3.05, 3.63) is 25.3 Å². The Hall–Kier alpha value is -3.60. The van der Waals surface area contributed by atoms with Crippen LogP contribution in [0.4, 0.5) is 11.6 Å². The largest absolute Gasteiger partial charge is 0.848 e. The van der Waals surface area contributed by atoms with Crippen LogP contribution in [0, 0.1) is 0 Å². The summed E-state index contributed by atoms with van der Waals surface area (Å²) < 4.78 is 24.5. The van der Waals surface area contributed by atoms with E-state index in [4.69, 9.17) is 20.7 Å². The summed E-state index contributed by atoms with van der Waals surface area (Å²) in [7, 11) is -2.65. The van der Waals surface area contributed by atoms with E-state index in [0.717, 1.165) is 9.46 Å². The smallest absolute Gasteiger partial charge is 0.382 e. The first-order valence-electron chi connectivity index (χ1n) is 6.34. The minimum atomic E-state index is -2.65. The van der Waals surface area contributed by atoms with Crippen molar-refractivity contribution in [1.29, 1.82) is 0 Å². The first kappa shape index (κ1) is 14.0. The number of hydrogen-bond donors (Lipinski definition) is 2. The third kappa shape index (κ3) is 2.19. The van der Waals surface area contributed by atoms with Crippen LogP contribution in [0.15, 0.2) is 25.3 Å². The Kier molecular flexibility index (Phi) is 3.06. The van der Waals surface area contributed by atoms with Gasteiger partial charge in [-0.25, -0.2) is 29.9 Å². The highest BCUT2D eigenvalue weighted by Gasteiger charge is 2.29. The first-order chi connectivity index (χ1) is 11.6. The fourth-order valence-electron chi connectivity index (χ4n) is 1.94. The number of nitrogen functional groups attached to an aromatic ring is 2. The average Bonchev–Trinajstić information content (AvgIpc) is 3.15.